The van der Waals surface area contributed by atoms with Crippen molar-refractivity contribution >= 4 is 0 Å². The maximum atomic E-state index is 10.8. The van der Waals surface area contributed by atoms with E-state index in [1.165, 1.54) is 23.1 Å². The SMILES string of the molecule is CCc1cccc(C(O)C2CCCc3ccccc32)c1. The lowest BCUT2D eigenvalue weighted by molar-refractivity contribution is 0.136. The van der Waals surface area contributed by atoms with Gasteiger partial charge in [0.2, 0.25) is 0 Å². The van der Waals surface area contributed by atoms with E-state index in [1.54, 1.807) is 0 Å². The fraction of sp³-hybridized carbons (Fsp3) is 0.368. The molecule has 1 N–H and O–H groups in total. The molecule has 1 aliphatic carbocycles. The lowest BCUT2D eigenvalue weighted by Gasteiger charge is -2.30. The molecule has 0 saturated heterocycles. The van der Waals surface area contributed by atoms with E-state index in [4.69, 9.17) is 0 Å². The molecule has 0 bridgehead atoms. The molecule has 2 atom stereocenters. The van der Waals surface area contributed by atoms with Crippen molar-refractivity contribution in [3.63, 3.8) is 0 Å². The fourth-order valence-electron chi connectivity index (χ4n) is 3.35. The zero-order valence-corrected chi connectivity index (χ0v) is 12.0. The van der Waals surface area contributed by atoms with Gasteiger partial charge in [0.15, 0.2) is 0 Å². The summed E-state index contributed by atoms with van der Waals surface area (Å²) in [6.45, 7) is 2.15. The number of rotatable bonds is 3. The zero-order chi connectivity index (χ0) is 13.9. The third-order valence-corrected chi connectivity index (χ3v) is 4.50. The minimum atomic E-state index is -0.386. The van der Waals surface area contributed by atoms with Crippen LogP contribution in [0.15, 0.2) is 48.5 Å². The Morgan fingerprint density at radius 3 is 2.85 bits per heavy atom. The molecule has 0 radical (unpaired) electrons. The number of hydrogen-bond acceptors (Lipinski definition) is 1. The molecular formula is C19H22O. The highest BCUT2D eigenvalue weighted by Crippen LogP contribution is 2.40. The van der Waals surface area contributed by atoms with E-state index in [0.29, 0.717) is 0 Å². The number of fused-ring (bicyclic) bond motifs is 1. The van der Waals surface area contributed by atoms with Crippen molar-refractivity contribution in [2.45, 2.75) is 44.6 Å². The highest BCUT2D eigenvalue weighted by molar-refractivity contribution is 5.36. The number of aryl methyl sites for hydroxylation is 2. The van der Waals surface area contributed by atoms with E-state index >= 15 is 0 Å². The summed E-state index contributed by atoms with van der Waals surface area (Å²) in [5, 5.41) is 10.8. The molecule has 1 aliphatic rings. The van der Waals surface area contributed by atoms with Crippen LogP contribution in [0.5, 0.6) is 0 Å². The first-order valence-electron chi connectivity index (χ1n) is 7.64. The molecule has 104 valence electrons. The summed E-state index contributed by atoms with van der Waals surface area (Å²) in [4.78, 5) is 0. The van der Waals surface area contributed by atoms with Crippen molar-refractivity contribution in [1.82, 2.24) is 0 Å². The highest BCUT2D eigenvalue weighted by atomic mass is 16.3. The third kappa shape index (κ3) is 2.51. The molecule has 0 saturated carbocycles. The van der Waals surface area contributed by atoms with Crippen LogP contribution in [0.25, 0.3) is 0 Å². The molecule has 2 unspecified atom stereocenters. The van der Waals surface area contributed by atoms with E-state index in [9.17, 15) is 5.11 Å². The number of aliphatic hydroxyl groups is 1. The zero-order valence-electron chi connectivity index (χ0n) is 12.0. The monoisotopic (exact) mass is 266 g/mol. The van der Waals surface area contributed by atoms with Crippen molar-refractivity contribution in [3.8, 4) is 0 Å². The van der Waals surface area contributed by atoms with Crippen molar-refractivity contribution in [2.24, 2.45) is 0 Å². The Bertz CT molecular complexity index is 588. The molecule has 0 heterocycles. The van der Waals surface area contributed by atoms with Crippen LogP contribution in [-0.4, -0.2) is 5.11 Å². The summed E-state index contributed by atoms with van der Waals surface area (Å²) in [6, 6.07) is 17.0. The summed E-state index contributed by atoms with van der Waals surface area (Å²) in [5.41, 5.74) is 5.11. The Morgan fingerprint density at radius 1 is 1.15 bits per heavy atom. The maximum absolute atomic E-state index is 10.8. The van der Waals surface area contributed by atoms with Crippen LogP contribution in [0.3, 0.4) is 0 Å². The standard InChI is InChI=1S/C19H22O/c1-2-14-7-5-10-16(13-14)19(20)18-12-6-9-15-8-3-4-11-17(15)18/h3-5,7-8,10-11,13,18-20H,2,6,9,12H2,1H3. The second-order valence-electron chi connectivity index (χ2n) is 5.74. The summed E-state index contributed by atoms with van der Waals surface area (Å²) in [7, 11) is 0. The summed E-state index contributed by atoms with van der Waals surface area (Å²) >= 11 is 0. The van der Waals surface area contributed by atoms with Gasteiger partial charge >= 0.3 is 0 Å². The average molecular weight is 266 g/mol. The Kier molecular flexibility index (Phi) is 3.88. The first kappa shape index (κ1) is 13.4. The predicted octanol–water partition coefficient (Wildman–Crippen LogP) is 4.40. The molecule has 3 rings (SSSR count). The first-order valence-corrected chi connectivity index (χ1v) is 7.64. The maximum Gasteiger partial charge on any atom is 0.0858 e. The quantitative estimate of drug-likeness (QED) is 0.873. The van der Waals surface area contributed by atoms with Gasteiger partial charge in [0, 0.05) is 5.92 Å². The van der Waals surface area contributed by atoms with E-state index in [-0.39, 0.29) is 12.0 Å². The van der Waals surface area contributed by atoms with Crippen molar-refractivity contribution in [3.05, 3.63) is 70.8 Å². The van der Waals surface area contributed by atoms with Crippen LogP contribution in [0.1, 0.15) is 54.0 Å². The number of benzene rings is 2. The van der Waals surface area contributed by atoms with Crippen LogP contribution in [-0.2, 0) is 12.8 Å². The largest absolute Gasteiger partial charge is 0.388 e. The van der Waals surface area contributed by atoms with E-state index in [2.05, 4.69) is 55.5 Å². The van der Waals surface area contributed by atoms with Gasteiger partial charge in [-0.05, 0) is 47.9 Å². The van der Waals surface area contributed by atoms with Crippen molar-refractivity contribution in [1.29, 1.82) is 0 Å². The van der Waals surface area contributed by atoms with Crippen LogP contribution >= 0.6 is 0 Å². The third-order valence-electron chi connectivity index (χ3n) is 4.50. The molecule has 0 aliphatic heterocycles. The first-order chi connectivity index (χ1) is 9.79. The summed E-state index contributed by atoms with van der Waals surface area (Å²) < 4.78 is 0. The molecule has 0 spiro atoms. The predicted molar refractivity (Wildman–Crippen MR) is 82.9 cm³/mol. The van der Waals surface area contributed by atoms with Gasteiger partial charge in [-0.25, -0.2) is 0 Å². The average Bonchev–Trinajstić information content (AvgIpc) is 2.53. The van der Waals surface area contributed by atoms with E-state index in [1.807, 2.05) is 0 Å². The van der Waals surface area contributed by atoms with Gasteiger partial charge in [-0.2, -0.15) is 0 Å². The molecule has 2 aromatic carbocycles. The summed E-state index contributed by atoms with van der Waals surface area (Å²) in [5.74, 6) is 0.243. The van der Waals surface area contributed by atoms with Gasteiger partial charge in [-0.1, -0.05) is 55.5 Å². The van der Waals surface area contributed by atoms with Gasteiger partial charge in [0.05, 0.1) is 6.10 Å². The Labute approximate surface area is 121 Å². The molecule has 1 heteroatoms. The Balaban J connectivity index is 1.93. The molecule has 1 nitrogen and oxygen atoms in total. The Morgan fingerprint density at radius 2 is 2.00 bits per heavy atom. The van der Waals surface area contributed by atoms with Gasteiger partial charge in [-0.15, -0.1) is 0 Å². The summed E-state index contributed by atoms with van der Waals surface area (Å²) in [6.07, 6.45) is 4.03. The van der Waals surface area contributed by atoms with Gasteiger partial charge in [-0.3, -0.25) is 0 Å². The van der Waals surface area contributed by atoms with Crippen LogP contribution < -0.4 is 0 Å². The van der Waals surface area contributed by atoms with Crippen LogP contribution in [0.2, 0.25) is 0 Å². The van der Waals surface area contributed by atoms with Gasteiger partial charge in [0.1, 0.15) is 0 Å². The second kappa shape index (κ2) is 5.80. The van der Waals surface area contributed by atoms with E-state index < -0.39 is 0 Å². The lowest BCUT2D eigenvalue weighted by atomic mass is 9.78. The molecule has 0 amide bonds. The normalized spacial score (nSPS) is 19.4. The van der Waals surface area contributed by atoms with Crippen molar-refractivity contribution < 1.29 is 5.11 Å². The Hall–Kier alpha value is -1.60. The number of aliphatic hydroxyl groups excluding tert-OH is 1. The minimum absolute atomic E-state index is 0.243. The number of hydrogen-bond donors (Lipinski definition) is 1. The van der Waals surface area contributed by atoms with Gasteiger partial charge in [0.25, 0.3) is 0 Å². The smallest absolute Gasteiger partial charge is 0.0858 e. The molecule has 0 aromatic heterocycles. The van der Waals surface area contributed by atoms with Crippen molar-refractivity contribution in [2.75, 3.05) is 0 Å². The van der Waals surface area contributed by atoms with E-state index in [0.717, 1.165) is 24.8 Å². The van der Waals surface area contributed by atoms with Crippen LogP contribution in [0, 0.1) is 0 Å². The molecule has 2 aromatic rings. The fourth-order valence-corrected chi connectivity index (χ4v) is 3.35. The molecular weight excluding hydrogens is 244 g/mol. The molecule has 20 heavy (non-hydrogen) atoms. The molecule has 0 fully saturated rings. The highest BCUT2D eigenvalue weighted by Gasteiger charge is 2.27. The topological polar surface area (TPSA) is 20.2 Å². The second-order valence-corrected chi connectivity index (χ2v) is 5.74. The van der Waals surface area contributed by atoms with Gasteiger partial charge < -0.3 is 5.11 Å². The minimum Gasteiger partial charge on any atom is -0.388 e. The van der Waals surface area contributed by atoms with Crippen LogP contribution in [0.4, 0.5) is 0 Å². The lowest BCUT2D eigenvalue weighted by Crippen LogP contribution is -2.17.